The minimum atomic E-state index is -1.21. The van der Waals surface area contributed by atoms with Gasteiger partial charge in [0.2, 0.25) is 0 Å². The van der Waals surface area contributed by atoms with Crippen LogP contribution in [-0.4, -0.2) is 25.4 Å². The summed E-state index contributed by atoms with van der Waals surface area (Å²) >= 11 is 0. The van der Waals surface area contributed by atoms with E-state index < -0.39 is 11.4 Å². The van der Waals surface area contributed by atoms with E-state index in [4.69, 9.17) is 4.42 Å². The summed E-state index contributed by atoms with van der Waals surface area (Å²) in [5.74, 6) is -1.21. The predicted molar refractivity (Wildman–Crippen MR) is 117 cm³/mol. The highest BCUT2D eigenvalue weighted by Gasteiger charge is 2.35. The summed E-state index contributed by atoms with van der Waals surface area (Å²) in [6.45, 7) is 6.35. The number of pyridine rings is 1. The number of hydrogen-bond donors (Lipinski definition) is 1. The fourth-order valence-electron chi connectivity index (χ4n) is 4.59. The first-order valence-electron chi connectivity index (χ1n) is 10.2. The molecule has 7 heteroatoms. The minimum absolute atomic E-state index is 0.0392. The molecule has 1 aliphatic rings. The van der Waals surface area contributed by atoms with Crippen molar-refractivity contribution in [2.24, 2.45) is 12.5 Å². The van der Waals surface area contributed by atoms with Gasteiger partial charge in [-0.25, -0.2) is 4.79 Å². The molecule has 0 saturated heterocycles. The normalized spacial score (nSPS) is 15.7. The Kier molecular flexibility index (Phi) is 4.02. The summed E-state index contributed by atoms with van der Waals surface area (Å²) in [7, 11) is 1.87. The van der Waals surface area contributed by atoms with Gasteiger partial charge in [-0.1, -0.05) is 20.8 Å². The van der Waals surface area contributed by atoms with Crippen LogP contribution in [0.4, 0.5) is 0 Å². The fraction of sp³-hybridized carbons (Fsp3) is 0.292. The van der Waals surface area contributed by atoms with E-state index in [1.165, 1.54) is 12.3 Å². The largest absolute Gasteiger partial charge is 0.477 e. The molecule has 31 heavy (non-hydrogen) atoms. The third-order valence-electron chi connectivity index (χ3n) is 6.15. The van der Waals surface area contributed by atoms with Gasteiger partial charge in [-0.05, 0) is 30.0 Å². The van der Waals surface area contributed by atoms with Gasteiger partial charge in [0.25, 0.3) is 0 Å². The van der Waals surface area contributed by atoms with E-state index in [2.05, 4.69) is 25.9 Å². The molecular weight excluding hydrogens is 394 g/mol. The molecule has 0 aliphatic carbocycles. The number of fused-ring (bicyclic) bond motifs is 5. The predicted octanol–water partition coefficient (Wildman–Crippen LogP) is 4.50. The SMILES string of the molecule is Cn1ccc(-c2cc3c(c4occc24)C[C@@H](C(C)(C)C)n2cc(C(=O)O)c(=O)cc2-3)n1. The maximum absolute atomic E-state index is 12.6. The summed E-state index contributed by atoms with van der Waals surface area (Å²) < 4.78 is 9.63. The molecule has 0 saturated carbocycles. The van der Waals surface area contributed by atoms with Crippen molar-refractivity contribution in [3.63, 3.8) is 0 Å². The summed E-state index contributed by atoms with van der Waals surface area (Å²) in [6.07, 6.45) is 5.72. The average molecular weight is 417 g/mol. The molecule has 158 valence electrons. The third kappa shape index (κ3) is 2.91. The first kappa shape index (κ1) is 19.4. The highest BCUT2D eigenvalue weighted by Crippen LogP contribution is 2.46. The van der Waals surface area contributed by atoms with Crippen LogP contribution in [0, 0.1) is 5.41 Å². The van der Waals surface area contributed by atoms with Crippen LogP contribution in [0.15, 0.2) is 52.1 Å². The molecule has 4 heterocycles. The van der Waals surface area contributed by atoms with Crippen molar-refractivity contribution in [1.82, 2.24) is 14.3 Å². The zero-order valence-corrected chi connectivity index (χ0v) is 17.8. The minimum Gasteiger partial charge on any atom is -0.477 e. The Hall–Kier alpha value is -3.61. The van der Waals surface area contributed by atoms with E-state index in [1.807, 2.05) is 36.0 Å². The monoisotopic (exact) mass is 417 g/mol. The Morgan fingerprint density at radius 1 is 1.23 bits per heavy atom. The van der Waals surface area contributed by atoms with Crippen molar-refractivity contribution in [3.05, 3.63) is 64.3 Å². The molecule has 4 aromatic rings. The number of aryl methyl sites for hydroxylation is 1. The summed E-state index contributed by atoms with van der Waals surface area (Å²) in [5, 5.41) is 15.0. The summed E-state index contributed by atoms with van der Waals surface area (Å²) in [5.41, 5.74) is 4.23. The lowest BCUT2D eigenvalue weighted by Crippen LogP contribution is -2.32. The molecule has 0 spiro atoms. The molecule has 7 nitrogen and oxygen atoms in total. The van der Waals surface area contributed by atoms with Gasteiger partial charge in [-0.3, -0.25) is 9.48 Å². The maximum atomic E-state index is 12.6. The molecule has 0 unspecified atom stereocenters. The van der Waals surface area contributed by atoms with E-state index in [1.54, 1.807) is 10.9 Å². The number of carboxylic acids is 1. The van der Waals surface area contributed by atoms with Crippen molar-refractivity contribution in [1.29, 1.82) is 0 Å². The average Bonchev–Trinajstić information content (AvgIpc) is 3.34. The van der Waals surface area contributed by atoms with Gasteiger partial charge in [-0.15, -0.1) is 0 Å². The molecule has 3 aromatic heterocycles. The second kappa shape index (κ2) is 6.44. The quantitative estimate of drug-likeness (QED) is 0.518. The van der Waals surface area contributed by atoms with Crippen LogP contribution >= 0.6 is 0 Å². The standard InChI is InChI=1S/C24H23N3O4/c1-24(2,3)21-10-16-15(19-11-20(28)17(23(29)30)12-27(19)21)9-14(13-6-8-31-22(13)16)18-5-7-26(4)25-18/h5-9,11-12,21H,10H2,1-4H3,(H,29,30)/t21-/m0/s1. The first-order valence-corrected chi connectivity index (χ1v) is 10.2. The third-order valence-corrected chi connectivity index (χ3v) is 6.15. The lowest BCUT2D eigenvalue weighted by Gasteiger charge is -2.39. The van der Waals surface area contributed by atoms with Crippen molar-refractivity contribution in [2.75, 3.05) is 0 Å². The number of furan rings is 1. The fourth-order valence-corrected chi connectivity index (χ4v) is 4.59. The van der Waals surface area contributed by atoms with Crippen molar-refractivity contribution < 1.29 is 14.3 Å². The van der Waals surface area contributed by atoms with Gasteiger partial charge >= 0.3 is 5.97 Å². The van der Waals surface area contributed by atoms with Crippen LogP contribution in [-0.2, 0) is 13.5 Å². The van der Waals surface area contributed by atoms with E-state index in [0.29, 0.717) is 12.1 Å². The van der Waals surface area contributed by atoms with Crippen LogP contribution in [0.25, 0.3) is 33.5 Å². The Morgan fingerprint density at radius 3 is 2.65 bits per heavy atom. The number of carboxylic acid groups (broad SMARTS) is 1. The molecule has 1 N–H and O–H groups in total. The molecule has 1 atom stereocenters. The Morgan fingerprint density at radius 2 is 2.00 bits per heavy atom. The van der Waals surface area contributed by atoms with Crippen LogP contribution < -0.4 is 5.43 Å². The summed E-state index contributed by atoms with van der Waals surface area (Å²) in [6, 6.07) is 7.33. The topological polar surface area (TPSA) is 90.3 Å². The Balaban J connectivity index is 1.87. The highest BCUT2D eigenvalue weighted by molar-refractivity contribution is 5.99. The molecule has 0 radical (unpaired) electrons. The first-order chi connectivity index (χ1) is 14.6. The number of carbonyl (C=O) groups is 1. The molecule has 1 aromatic carbocycles. The van der Waals surface area contributed by atoms with Crippen molar-refractivity contribution >= 4 is 16.9 Å². The molecular formula is C24H23N3O4. The van der Waals surface area contributed by atoms with Gasteiger partial charge in [-0.2, -0.15) is 5.10 Å². The zero-order valence-electron chi connectivity index (χ0n) is 17.8. The molecule has 0 fully saturated rings. The second-order valence-corrected chi connectivity index (χ2v) is 9.22. The van der Waals surface area contributed by atoms with Crippen LogP contribution in [0.2, 0.25) is 0 Å². The number of aromatic nitrogens is 3. The van der Waals surface area contributed by atoms with E-state index in [0.717, 1.165) is 33.4 Å². The number of hydrogen-bond acceptors (Lipinski definition) is 4. The number of benzene rings is 1. The van der Waals surface area contributed by atoms with E-state index in [-0.39, 0.29) is 17.0 Å². The lowest BCUT2D eigenvalue weighted by atomic mass is 9.78. The van der Waals surface area contributed by atoms with Gasteiger partial charge < -0.3 is 14.1 Å². The van der Waals surface area contributed by atoms with Crippen LogP contribution in [0.3, 0.4) is 0 Å². The summed E-state index contributed by atoms with van der Waals surface area (Å²) in [4.78, 5) is 24.3. The second-order valence-electron chi connectivity index (χ2n) is 9.22. The van der Waals surface area contributed by atoms with E-state index >= 15 is 0 Å². The number of nitrogens with zero attached hydrogens (tertiary/aromatic N) is 3. The molecule has 5 rings (SSSR count). The van der Waals surface area contributed by atoms with Gasteiger partial charge in [0.05, 0.1) is 17.7 Å². The van der Waals surface area contributed by atoms with E-state index in [9.17, 15) is 14.7 Å². The van der Waals surface area contributed by atoms with Crippen LogP contribution in [0.5, 0.6) is 0 Å². The molecule has 0 bridgehead atoms. The number of rotatable bonds is 2. The lowest BCUT2D eigenvalue weighted by molar-refractivity contribution is 0.0693. The Bertz CT molecular complexity index is 1420. The zero-order chi connectivity index (χ0) is 22.1. The van der Waals surface area contributed by atoms with Crippen LogP contribution in [0.1, 0.15) is 42.7 Å². The van der Waals surface area contributed by atoms with Gasteiger partial charge in [0.15, 0.2) is 5.43 Å². The molecule has 0 amide bonds. The Labute approximate surface area is 178 Å². The number of aromatic carboxylic acids is 1. The highest BCUT2D eigenvalue weighted by atomic mass is 16.4. The smallest absolute Gasteiger partial charge is 0.341 e. The molecule has 1 aliphatic heterocycles. The van der Waals surface area contributed by atoms with Crippen molar-refractivity contribution in [3.8, 4) is 22.5 Å². The van der Waals surface area contributed by atoms with Gasteiger partial charge in [0, 0.05) is 53.6 Å². The maximum Gasteiger partial charge on any atom is 0.341 e. The van der Waals surface area contributed by atoms with Crippen molar-refractivity contribution in [2.45, 2.75) is 33.2 Å². The van der Waals surface area contributed by atoms with Gasteiger partial charge in [0.1, 0.15) is 11.1 Å².